The van der Waals surface area contributed by atoms with E-state index < -0.39 is 0 Å². The van der Waals surface area contributed by atoms with Gasteiger partial charge in [-0.3, -0.25) is 10.1 Å². The number of nitrogens with zero attached hydrogens (tertiary/aromatic N) is 3. The normalized spacial score (nSPS) is 13.7. The van der Waals surface area contributed by atoms with Crippen molar-refractivity contribution < 1.29 is 14.1 Å². The van der Waals surface area contributed by atoms with E-state index in [1.165, 1.54) is 19.5 Å². The Bertz CT molecular complexity index is 638. The van der Waals surface area contributed by atoms with E-state index in [9.17, 15) is 4.79 Å². The maximum atomic E-state index is 12.1. The molecule has 0 radical (unpaired) electrons. The highest BCUT2D eigenvalue weighted by molar-refractivity contribution is 6.02. The third-order valence-electron chi connectivity index (χ3n) is 3.27. The number of anilines is 1. The van der Waals surface area contributed by atoms with Crippen molar-refractivity contribution in [1.29, 1.82) is 0 Å². The first-order valence-corrected chi connectivity index (χ1v) is 6.42. The average Bonchev–Trinajstić information content (AvgIpc) is 2.90. The van der Waals surface area contributed by atoms with Crippen molar-refractivity contribution in [1.82, 2.24) is 15.1 Å². The Balaban J connectivity index is 1.80. The number of aryl methyl sites for hydroxylation is 1. The highest BCUT2D eigenvalue weighted by Gasteiger charge is 2.21. The first-order chi connectivity index (χ1) is 9.78. The number of amides is 1. The molecule has 2 aromatic rings. The molecule has 2 aromatic heterocycles. The van der Waals surface area contributed by atoms with Crippen LogP contribution in [0.25, 0.3) is 0 Å². The predicted molar refractivity (Wildman–Crippen MR) is 69.7 cm³/mol. The van der Waals surface area contributed by atoms with Crippen LogP contribution in [-0.4, -0.2) is 28.1 Å². The first kappa shape index (κ1) is 12.6. The van der Waals surface area contributed by atoms with Crippen LogP contribution in [0.2, 0.25) is 0 Å². The number of hydrogen-bond donors (Lipinski definition) is 1. The number of ether oxygens (including phenoxy) is 1. The maximum absolute atomic E-state index is 12.1. The van der Waals surface area contributed by atoms with Gasteiger partial charge in [-0.2, -0.15) is 0 Å². The largest absolute Gasteiger partial charge is 0.481 e. The molecule has 0 atom stereocenters. The lowest BCUT2D eigenvalue weighted by Gasteiger charge is -2.09. The standard InChI is InChI=1S/C13H14N4O3/c1-19-11-6-10(14-7-15-11)12(18)16-13-8-4-2-3-5-9(8)17-20-13/h6-7H,2-5H2,1H3,(H,16,18). The zero-order valence-corrected chi connectivity index (χ0v) is 11.0. The molecule has 2 heterocycles. The van der Waals surface area contributed by atoms with Crippen molar-refractivity contribution in [3.05, 3.63) is 29.3 Å². The Morgan fingerprint density at radius 2 is 2.20 bits per heavy atom. The second-order valence-corrected chi connectivity index (χ2v) is 4.54. The summed E-state index contributed by atoms with van der Waals surface area (Å²) in [5.74, 6) is 0.391. The van der Waals surface area contributed by atoms with Gasteiger partial charge in [0.2, 0.25) is 11.8 Å². The van der Waals surface area contributed by atoms with Gasteiger partial charge in [0.1, 0.15) is 12.0 Å². The number of carbonyl (C=O) groups is 1. The van der Waals surface area contributed by atoms with Crippen LogP contribution in [0.1, 0.15) is 34.6 Å². The molecule has 0 spiro atoms. The fourth-order valence-electron chi connectivity index (χ4n) is 2.23. The smallest absolute Gasteiger partial charge is 0.276 e. The second-order valence-electron chi connectivity index (χ2n) is 4.54. The Morgan fingerprint density at radius 1 is 1.35 bits per heavy atom. The summed E-state index contributed by atoms with van der Waals surface area (Å²) >= 11 is 0. The highest BCUT2D eigenvalue weighted by atomic mass is 16.5. The summed E-state index contributed by atoms with van der Waals surface area (Å²) in [6.07, 6.45) is 5.25. The maximum Gasteiger partial charge on any atom is 0.276 e. The van der Waals surface area contributed by atoms with Gasteiger partial charge >= 0.3 is 0 Å². The molecular weight excluding hydrogens is 260 g/mol. The van der Waals surface area contributed by atoms with Crippen LogP contribution in [0.5, 0.6) is 5.88 Å². The lowest BCUT2D eigenvalue weighted by molar-refractivity contribution is 0.101. The summed E-state index contributed by atoms with van der Waals surface area (Å²) in [7, 11) is 1.48. The summed E-state index contributed by atoms with van der Waals surface area (Å²) < 4.78 is 10.2. The third kappa shape index (κ3) is 2.34. The second kappa shape index (κ2) is 5.28. The number of hydrogen-bond acceptors (Lipinski definition) is 6. The van der Waals surface area contributed by atoms with Gasteiger partial charge in [-0.1, -0.05) is 5.16 Å². The van der Waals surface area contributed by atoms with Gasteiger partial charge < -0.3 is 9.26 Å². The third-order valence-corrected chi connectivity index (χ3v) is 3.27. The molecule has 0 bridgehead atoms. The number of nitrogens with one attached hydrogen (secondary N) is 1. The molecule has 7 heteroatoms. The molecular formula is C13H14N4O3. The van der Waals surface area contributed by atoms with Crippen LogP contribution >= 0.6 is 0 Å². The Hall–Kier alpha value is -2.44. The van der Waals surface area contributed by atoms with Crippen molar-refractivity contribution in [2.75, 3.05) is 12.4 Å². The van der Waals surface area contributed by atoms with E-state index >= 15 is 0 Å². The Labute approximate surface area is 115 Å². The van der Waals surface area contributed by atoms with Crippen molar-refractivity contribution in [3.63, 3.8) is 0 Å². The summed E-state index contributed by atoms with van der Waals surface area (Å²) in [6.45, 7) is 0. The van der Waals surface area contributed by atoms with Gasteiger partial charge in [0.15, 0.2) is 0 Å². The highest BCUT2D eigenvalue weighted by Crippen LogP contribution is 2.27. The summed E-state index contributed by atoms with van der Waals surface area (Å²) in [6, 6.07) is 1.47. The van der Waals surface area contributed by atoms with E-state index in [-0.39, 0.29) is 11.6 Å². The topological polar surface area (TPSA) is 90.1 Å². The minimum atomic E-state index is -0.366. The van der Waals surface area contributed by atoms with E-state index in [1.807, 2.05) is 0 Å². The van der Waals surface area contributed by atoms with E-state index in [2.05, 4.69) is 20.4 Å². The monoisotopic (exact) mass is 274 g/mol. The lowest BCUT2D eigenvalue weighted by atomic mass is 9.98. The van der Waals surface area contributed by atoms with Gasteiger partial charge in [0.05, 0.1) is 12.8 Å². The van der Waals surface area contributed by atoms with Gasteiger partial charge in [-0.05, 0) is 25.7 Å². The number of fused-ring (bicyclic) bond motifs is 1. The average molecular weight is 274 g/mol. The molecule has 0 saturated carbocycles. The van der Waals surface area contributed by atoms with Crippen molar-refractivity contribution in [2.24, 2.45) is 0 Å². The molecule has 0 aliphatic heterocycles. The van der Waals surface area contributed by atoms with Crippen LogP contribution in [0.4, 0.5) is 5.88 Å². The lowest BCUT2D eigenvalue weighted by Crippen LogP contribution is -2.15. The predicted octanol–water partition coefficient (Wildman–Crippen LogP) is 1.60. The molecule has 3 rings (SSSR count). The Morgan fingerprint density at radius 3 is 3.05 bits per heavy atom. The van der Waals surface area contributed by atoms with Gasteiger partial charge in [-0.25, -0.2) is 9.97 Å². The quantitative estimate of drug-likeness (QED) is 0.914. The molecule has 0 fully saturated rings. The fraction of sp³-hybridized carbons (Fsp3) is 0.385. The summed E-state index contributed by atoms with van der Waals surface area (Å²) in [4.78, 5) is 19.9. The molecule has 0 aromatic carbocycles. The zero-order valence-electron chi connectivity index (χ0n) is 11.0. The van der Waals surface area contributed by atoms with Crippen LogP contribution in [0, 0.1) is 0 Å². The van der Waals surface area contributed by atoms with Gasteiger partial charge in [0, 0.05) is 11.6 Å². The molecule has 0 saturated heterocycles. The van der Waals surface area contributed by atoms with Crippen LogP contribution in [-0.2, 0) is 12.8 Å². The minimum Gasteiger partial charge on any atom is -0.481 e. The number of aromatic nitrogens is 3. The summed E-state index contributed by atoms with van der Waals surface area (Å²) in [5.41, 5.74) is 2.15. The molecule has 1 aliphatic rings. The van der Waals surface area contributed by atoms with Gasteiger partial charge in [0.25, 0.3) is 5.91 Å². The fourth-order valence-corrected chi connectivity index (χ4v) is 2.23. The zero-order chi connectivity index (χ0) is 13.9. The van der Waals surface area contributed by atoms with Crippen molar-refractivity contribution >= 4 is 11.8 Å². The Kier molecular flexibility index (Phi) is 3.32. The molecule has 1 amide bonds. The molecule has 1 N–H and O–H groups in total. The molecule has 104 valence electrons. The van der Waals surface area contributed by atoms with E-state index in [4.69, 9.17) is 9.26 Å². The number of carbonyl (C=O) groups excluding carboxylic acids is 1. The minimum absolute atomic E-state index is 0.220. The number of rotatable bonds is 3. The SMILES string of the molecule is COc1cc(C(=O)Nc2onc3c2CCCC3)ncn1. The summed E-state index contributed by atoms with van der Waals surface area (Å²) in [5, 5.41) is 6.69. The molecule has 0 unspecified atom stereocenters. The van der Waals surface area contributed by atoms with E-state index in [1.54, 1.807) is 0 Å². The molecule has 7 nitrogen and oxygen atoms in total. The van der Waals surface area contributed by atoms with Crippen molar-refractivity contribution in [3.8, 4) is 5.88 Å². The van der Waals surface area contributed by atoms with E-state index in [0.717, 1.165) is 36.9 Å². The molecule has 1 aliphatic carbocycles. The van der Waals surface area contributed by atoms with Gasteiger partial charge in [-0.15, -0.1) is 0 Å². The van der Waals surface area contributed by atoms with Crippen molar-refractivity contribution in [2.45, 2.75) is 25.7 Å². The molecule has 20 heavy (non-hydrogen) atoms. The number of methoxy groups -OCH3 is 1. The van der Waals surface area contributed by atoms with Crippen LogP contribution in [0.15, 0.2) is 16.9 Å². The van der Waals surface area contributed by atoms with Crippen LogP contribution < -0.4 is 10.1 Å². The van der Waals surface area contributed by atoms with Crippen LogP contribution in [0.3, 0.4) is 0 Å². The van der Waals surface area contributed by atoms with E-state index in [0.29, 0.717) is 11.8 Å². The first-order valence-electron chi connectivity index (χ1n) is 6.42.